The Balaban J connectivity index is 1.70. The van der Waals surface area contributed by atoms with Crippen LogP contribution in [0.4, 0.5) is 0 Å². The van der Waals surface area contributed by atoms with Crippen molar-refractivity contribution < 1.29 is 9.84 Å². The largest absolute Gasteiger partial charge is 0.390 e. The van der Waals surface area contributed by atoms with Gasteiger partial charge in [0.1, 0.15) is 0 Å². The molecule has 4 bridgehead atoms. The standard InChI is InChI=1S/C14H23IO2/c1-13-3-10-2-11(4-13)6-14(5-10,9-13)17-8-12(16)7-15/h10-12,16H,2-9H2,1H3. The molecule has 17 heavy (non-hydrogen) atoms. The number of hydrogen-bond donors (Lipinski definition) is 1. The molecule has 0 aromatic carbocycles. The Morgan fingerprint density at radius 3 is 2.47 bits per heavy atom. The molecule has 4 rings (SSSR count). The van der Waals surface area contributed by atoms with Crippen molar-refractivity contribution in [1.29, 1.82) is 0 Å². The second kappa shape index (κ2) is 4.34. The van der Waals surface area contributed by atoms with Crippen LogP contribution in [0.15, 0.2) is 0 Å². The van der Waals surface area contributed by atoms with E-state index in [1.807, 2.05) is 0 Å². The first-order valence-corrected chi connectivity index (χ1v) is 8.43. The fourth-order valence-electron chi connectivity index (χ4n) is 5.11. The molecule has 0 saturated heterocycles. The number of ether oxygens (including phenoxy) is 1. The molecule has 0 heterocycles. The van der Waals surface area contributed by atoms with Gasteiger partial charge in [0, 0.05) is 4.43 Å². The molecule has 0 radical (unpaired) electrons. The molecule has 98 valence electrons. The van der Waals surface area contributed by atoms with Gasteiger partial charge in [-0.2, -0.15) is 0 Å². The zero-order valence-corrected chi connectivity index (χ0v) is 12.8. The topological polar surface area (TPSA) is 29.5 Å². The van der Waals surface area contributed by atoms with E-state index in [-0.39, 0.29) is 11.7 Å². The van der Waals surface area contributed by atoms with Crippen molar-refractivity contribution in [3.05, 3.63) is 0 Å². The highest BCUT2D eigenvalue weighted by Gasteiger charge is 2.56. The van der Waals surface area contributed by atoms with Crippen LogP contribution >= 0.6 is 22.6 Å². The summed E-state index contributed by atoms with van der Waals surface area (Å²) in [5.74, 6) is 1.80. The SMILES string of the molecule is CC12CC3CC(C1)CC(OCC(O)CI)(C3)C2. The third-order valence-electron chi connectivity index (χ3n) is 5.06. The zero-order valence-electron chi connectivity index (χ0n) is 10.6. The van der Waals surface area contributed by atoms with Crippen molar-refractivity contribution in [2.75, 3.05) is 11.0 Å². The molecule has 3 heteroatoms. The van der Waals surface area contributed by atoms with Crippen LogP contribution in [-0.4, -0.2) is 27.8 Å². The van der Waals surface area contributed by atoms with Crippen LogP contribution in [0.1, 0.15) is 45.4 Å². The van der Waals surface area contributed by atoms with E-state index in [1.165, 1.54) is 38.5 Å². The van der Waals surface area contributed by atoms with Crippen LogP contribution in [0.2, 0.25) is 0 Å². The number of alkyl halides is 1. The van der Waals surface area contributed by atoms with Crippen molar-refractivity contribution in [3.8, 4) is 0 Å². The monoisotopic (exact) mass is 350 g/mol. The minimum Gasteiger partial charge on any atom is -0.390 e. The van der Waals surface area contributed by atoms with Gasteiger partial charge in [-0.1, -0.05) is 29.5 Å². The summed E-state index contributed by atoms with van der Waals surface area (Å²) in [6.07, 6.45) is 7.75. The molecule has 4 aliphatic rings. The summed E-state index contributed by atoms with van der Waals surface area (Å²) in [4.78, 5) is 0. The minimum absolute atomic E-state index is 0.131. The van der Waals surface area contributed by atoms with Gasteiger partial charge in [0.15, 0.2) is 0 Å². The highest BCUT2D eigenvalue weighted by atomic mass is 127. The summed E-state index contributed by atoms with van der Waals surface area (Å²) in [6.45, 7) is 3.00. The highest BCUT2D eigenvalue weighted by molar-refractivity contribution is 14.1. The van der Waals surface area contributed by atoms with Crippen molar-refractivity contribution in [3.63, 3.8) is 0 Å². The quantitative estimate of drug-likeness (QED) is 0.624. The van der Waals surface area contributed by atoms with E-state index >= 15 is 0 Å². The summed E-state index contributed by atoms with van der Waals surface area (Å²) in [7, 11) is 0. The Hall–Kier alpha value is 0.650. The summed E-state index contributed by atoms with van der Waals surface area (Å²) in [6, 6.07) is 0. The second-order valence-corrected chi connectivity index (χ2v) is 7.95. The first kappa shape index (κ1) is 12.7. The summed E-state index contributed by atoms with van der Waals surface area (Å²) < 4.78 is 6.98. The first-order valence-electron chi connectivity index (χ1n) is 6.91. The molecule has 0 amide bonds. The fraction of sp³-hybridized carbons (Fsp3) is 1.00. The molecule has 3 atom stereocenters. The fourth-order valence-corrected chi connectivity index (χ4v) is 5.37. The lowest BCUT2D eigenvalue weighted by Gasteiger charge is -2.61. The van der Waals surface area contributed by atoms with E-state index in [0.29, 0.717) is 12.0 Å². The normalized spacial score (nSPS) is 49.6. The van der Waals surface area contributed by atoms with Crippen molar-refractivity contribution >= 4 is 22.6 Å². The lowest BCUT2D eigenvalue weighted by atomic mass is 9.48. The van der Waals surface area contributed by atoms with E-state index in [0.717, 1.165) is 16.3 Å². The first-order chi connectivity index (χ1) is 8.03. The van der Waals surface area contributed by atoms with Crippen molar-refractivity contribution in [2.45, 2.75) is 57.2 Å². The van der Waals surface area contributed by atoms with E-state index in [2.05, 4.69) is 29.5 Å². The second-order valence-electron chi connectivity index (χ2n) is 7.07. The van der Waals surface area contributed by atoms with Crippen LogP contribution < -0.4 is 0 Å². The minimum atomic E-state index is -0.281. The lowest BCUT2D eigenvalue weighted by Crippen LogP contribution is -2.56. The van der Waals surface area contributed by atoms with Gasteiger partial charge in [0.05, 0.1) is 18.3 Å². The Labute approximate surface area is 118 Å². The maximum Gasteiger partial charge on any atom is 0.0863 e. The van der Waals surface area contributed by atoms with E-state index in [4.69, 9.17) is 4.74 Å². The molecule has 4 fully saturated rings. The molecular weight excluding hydrogens is 327 g/mol. The average Bonchev–Trinajstić information content (AvgIpc) is 2.22. The van der Waals surface area contributed by atoms with E-state index in [9.17, 15) is 5.11 Å². The maximum atomic E-state index is 9.69. The van der Waals surface area contributed by atoms with Crippen molar-refractivity contribution in [2.24, 2.45) is 17.3 Å². The van der Waals surface area contributed by atoms with Gasteiger partial charge in [-0.15, -0.1) is 0 Å². The zero-order chi connectivity index (χ0) is 12.1. The van der Waals surface area contributed by atoms with Crippen LogP contribution in [0.3, 0.4) is 0 Å². The third-order valence-corrected chi connectivity index (χ3v) is 6.08. The van der Waals surface area contributed by atoms with E-state index < -0.39 is 0 Å². The third kappa shape index (κ3) is 2.39. The highest BCUT2D eigenvalue weighted by Crippen LogP contribution is 2.62. The Kier molecular flexibility index (Phi) is 3.24. The molecule has 4 aliphatic carbocycles. The average molecular weight is 350 g/mol. The number of rotatable bonds is 4. The van der Waals surface area contributed by atoms with Crippen LogP contribution in [-0.2, 0) is 4.74 Å². The predicted octanol–water partition coefficient (Wildman–Crippen LogP) is 3.16. The predicted molar refractivity (Wildman–Crippen MR) is 76.4 cm³/mol. The number of halogens is 1. The molecule has 4 saturated carbocycles. The molecule has 0 aromatic rings. The van der Waals surface area contributed by atoms with Gasteiger partial charge < -0.3 is 9.84 Å². The molecule has 0 spiro atoms. The number of hydrogen-bond acceptors (Lipinski definition) is 2. The van der Waals surface area contributed by atoms with Gasteiger partial charge in [-0.3, -0.25) is 0 Å². The Bertz CT molecular complexity index is 291. The maximum absolute atomic E-state index is 9.69. The molecule has 0 aromatic heterocycles. The molecule has 2 nitrogen and oxygen atoms in total. The van der Waals surface area contributed by atoms with Gasteiger partial charge in [0.2, 0.25) is 0 Å². The molecule has 3 unspecified atom stereocenters. The summed E-state index contributed by atoms with van der Waals surface area (Å²) >= 11 is 2.23. The van der Waals surface area contributed by atoms with Crippen LogP contribution in [0, 0.1) is 17.3 Å². The molecule has 0 aliphatic heterocycles. The summed E-state index contributed by atoms with van der Waals surface area (Å²) in [5, 5.41) is 9.69. The molecular formula is C14H23IO2. The van der Waals surface area contributed by atoms with Gasteiger partial charge >= 0.3 is 0 Å². The van der Waals surface area contributed by atoms with Gasteiger partial charge in [-0.05, 0) is 55.8 Å². The molecule has 1 N–H and O–H groups in total. The lowest BCUT2D eigenvalue weighted by molar-refractivity contribution is -0.196. The van der Waals surface area contributed by atoms with Crippen LogP contribution in [0.25, 0.3) is 0 Å². The van der Waals surface area contributed by atoms with Crippen LogP contribution in [0.5, 0.6) is 0 Å². The van der Waals surface area contributed by atoms with Gasteiger partial charge in [-0.25, -0.2) is 0 Å². The summed E-state index contributed by atoms with van der Waals surface area (Å²) in [5.41, 5.74) is 0.672. The Morgan fingerprint density at radius 2 is 1.94 bits per heavy atom. The Morgan fingerprint density at radius 1 is 1.29 bits per heavy atom. The number of aliphatic hydroxyl groups excluding tert-OH is 1. The smallest absolute Gasteiger partial charge is 0.0863 e. The number of aliphatic hydroxyl groups is 1. The van der Waals surface area contributed by atoms with Crippen molar-refractivity contribution in [1.82, 2.24) is 0 Å². The van der Waals surface area contributed by atoms with E-state index in [1.54, 1.807) is 0 Å². The van der Waals surface area contributed by atoms with Gasteiger partial charge in [0.25, 0.3) is 0 Å².